The van der Waals surface area contributed by atoms with Crippen molar-refractivity contribution in [3.63, 3.8) is 0 Å². The number of benzene rings is 2. The smallest absolute Gasteiger partial charge is 0.189 e. The fourth-order valence-electron chi connectivity index (χ4n) is 2.80. The van der Waals surface area contributed by atoms with Crippen LogP contribution in [0.2, 0.25) is 10.0 Å². The van der Waals surface area contributed by atoms with Crippen molar-refractivity contribution in [3.8, 4) is 11.5 Å². The summed E-state index contributed by atoms with van der Waals surface area (Å²) in [7, 11) is 0. The summed E-state index contributed by atoms with van der Waals surface area (Å²) in [6.45, 7) is 8.91. The SMILES string of the molecule is CCOc1cc(O)c(C(=O)/C=C/c2ccc(Cl)cc2Cl)cc1CN(CC)CC. The molecule has 0 bridgehead atoms. The first-order valence-corrected chi connectivity index (χ1v) is 10.0. The van der Waals surface area contributed by atoms with Gasteiger partial charge >= 0.3 is 0 Å². The van der Waals surface area contributed by atoms with E-state index in [0.717, 1.165) is 18.7 Å². The van der Waals surface area contributed by atoms with Gasteiger partial charge in [-0.05, 0) is 55.9 Å². The van der Waals surface area contributed by atoms with Gasteiger partial charge in [0.15, 0.2) is 5.78 Å². The van der Waals surface area contributed by atoms with Crippen molar-refractivity contribution in [1.82, 2.24) is 4.90 Å². The van der Waals surface area contributed by atoms with E-state index in [0.29, 0.717) is 34.5 Å². The summed E-state index contributed by atoms with van der Waals surface area (Å²) in [6.07, 6.45) is 3.01. The van der Waals surface area contributed by atoms with E-state index in [9.17, 15) is 9.90 Å². The number of aromatic hydroxyl groups is 1. The molecule has 0 spiro atoms. The minimum atomic E-state index is -0.313. The Bertz CT molecular complexity index is 861. The maximum Gasteiger partial charge on any atom is 0.189 e. The Labute approximate surface area is 176 Å². The van der Waals surface area contributed by atoms with Gasteiger partial charge in [-0.3, -0.25) is 9.69 Å². The Balaban J connectivity index is 2.34. The molecule has 0 aliphatic heterocycles. The van der Waals surface area contributed by atoms with E-state index in [-0.39, 0.29) is 17.1 Å². The summed E-state index contributed by atoms with van der Waals surface area (Å²) in [5, 5.41) is 11.3. The summed E-state index contributed by atoms with van der Waals surface area (Å²) < 4.78 is 5.65. The number of hydrogen-bond donors (Lipinski definition) is 1. The maximum absolute atomic E-state index is 12.7. The van der Waals surface area contributed by atoms with Crippen LogP contribution in [0.3, 0.4) is 0 Å². The lowest BCUT2D eigenvalue weighted by molar-refractivity contribution is 0.104. The highest BCUT2D eigenvalue weighted by Crippen LogP contribution is 2.30. The highest BCUT2D eigenvalue weighted by molar-refractivity contribution is 6.35. The van der Waals surface area contributed by atoms with E-state index in [1.54, 1.807) is 30.3 Å². The predicted molar refractivity (Wildman–Crippen MR) is 116 cm³/mol. The van der Waals surface area contributed by atoms with Gasteiger partial charge < -0.3 is 9.84 Å². The third-order valence-corrected chi connectivity index (χ3v) is 4.97. The van der Waals surface area contributed by atoms with E-state index in [1.807, 2.05) is 6.92 Å². The summed E-state index contributed by atoms with van der Waals surface area (Å²) in [5.74, 6) is 0.170. The van der Waals surface area contributed by atoms with Crippen LogP contribution in [0.25, 0.3) is 6.08 Å². The minimum Gasteiger partial charge on any atom is -0.507 e. The van der Waals surface area contributed by atoms with Crippen LogP contribution in [-0.4, -0.2) is 35.5 Å². The molecule has 0 unspecified atom stereocenters. The average Bonchev–Trinajstić information content (AvgIpc) is 2.66. The van der Waals surface area contributed by atoms with Crippen molar-refractivity contribution >= 4 is 35.1 Å². The Morgan fingerprint density at radius 1 is 1.14 bits per heavy atom. The van der Waals surface area contributed by atoms with Gasteiger partial charge in [-0.2, -0.15) is 0 Å². The third-order valence-electron chi connectivity index (χ3n) is 4.41. The first kappa shape index (κ1) is 22.3. The van der Waals surface area contributed by atoms with Gasteiger partial charge in [-0.25, -0.2) is 0 Å². The Morgan fingerprint density at radius 2 is 1.86 bits per heavy atom. The molecule has 1 N–H and O–H groups in total. The second kappa shape index (κ2) is 10.5. The number of carbonyl (C=O) groups is 1. The van der Waals surface area contributed by atoms with Crippen LogP contribution in [-0.2, 0) is 6.54 Å². The Morgan fingerprint density at radius 3 is 2.46 bits per heavy atom. The summed E-state index contributed by atoms with van der Waals surface area (Å²) in [6, 6.07) is 8.27. The number of hydrogen-bond acceptors (Lipinski definition) is 4. The lowest BCUT2D eigenvalue weighted by atomic mass is 10.0. The highest BCUT2D eigenvalue weighted by Gasteiger charge is 2.16. The molecule has 0 aliphatic carbocycles. The second-order valence-electron chi connectivity index (χ2n) is 6.23. The lowest BCUT2D eigenvalue weighted by Gasteiger charge is -2.21. The summed E-state index contributed by atoms with van der Waals surface area (Å²) >= 11 is 12.0. The Hall–Kier alpha value is -2.01. The van der Waals surface area contributed by atoms with Crippen LogP contribution < -0.4 is 4.74 Å². The molecule has 28 heavy (non-hydrogen) atoms. The molecule has 0 heterocycles. The molecule has 2 aromatic rings. The number of phenols is 1. The molecule has 0 saturated heterocycles. The minimum absolute atomic E-state index is 0.108. The second-order valence-corrected chi connectivity index (χ2v) is 7.08. The maximum atomic E-state index is 12.7. The summed E-state index contributed by atoms with van der Waals surface area (Å²) in [4.78, 5) is 14.9. The quantitative estimate of drug-likeness (QED) is 0.408. The van der Waals surface area contributed by atoms with Crippen LogP contribution in [0.15, 0.2) is 36.4 Å². The molecule has 2 aromatic carbocycles. The third kappa shape index (κ3) is 5.74. The topological polar surface area (TPSA) is 49.8 Å². The molecule has 0 saturated carbocycles. The molecule has 0 radical (unpaired) electrons. The molecule has 0 atom stereocenters. The van der Waals surface area contributed by atoms with Gasteiger partial charge in [0.2, 0.25) is 0 Å². The van der Waals surface area contributed by atoms with Crippen LogP contribution in [0.5, 0.6) is 11.5 Å². The van der Waals surface area contributed by atoms with E-state index in [1.165, 1.54) is 12.1 Å². The van der Waals surface area contributed by atoms with Crippen molar-refractivity contribution in [2.45, 2.75) is 27.3 Å². The standard InChI is InChI=1S/C22H25Cl2NO3/c1-4-25(5-2)14-16-11-18(21(27)13-22(16)28-6-3)20(26)10-8-15-7-9-17(23)12-19(15)24/h7-13,27H,4-6,14H2,1-3H3/b10-8+. The van der Waals surface area contributed by atoms with Gasteiger partial charge in [-0.15, -0.1) is 0 Å². The largest absolute Gasteiger partial charge is 0.507 e. The van der Waals surface area contributed by atoms with Gasteiger partial charge in [-0.1, -0.05) is 43.1 Å². The normalized spacial score (nSPS) is 11.4. The number of carbonyl (C=O) groups excluding carboxylic acids is 1. The molecule has 0 fully saturated rings. The molecule has 0 aromatic heterocycles. The fraction of sp³-hybridized carbons (Fsp3) is 0.318. The number of allylic oxidation sites excluding steroid dienone is 1. The van der Waals surface area contributed by atoms with Gasteiger partial charge in [0, 0.05) is 28.2 Å². The predicted octanol–water partition coefficient (Wildman–Crippen LogP) is 5.84. The highest BCUT2D eigenvalue weighted by atomic mass is 35.5. The van der Waals surface area contributed by atoms with Crippen molar-refractivity contribution in [2.24, 2.45) is 0 Å². The first-order chi connectivity index (χ1) is 13.4. The molecule has 2 rings (SSSR count). The number of ketones is 1. The molecule has 150 valence electrons. The van der Waals surface area contributed by atoms with E-state index in [2.05, 4.69) is 18.7 Å². The zero-order chi connectivity index (χ0) is 20.7. The number of rotatable bonds is 9. The molecular formula is C22H25Cl2NO3. The van der Waals surface area contributed by atoms with Gasteiger partial charge in [0.25, 0.3) is 0 Å². The fourth-order valence-corrected chi connectivity index (χ4v) is 3.28. The molecular weight excluding hydrogens is 397 g/mol. The first-order valence-electron chi connectivity index (χ1n) is 9.28. The van der Waals surface area contributed by atoms with Gasteiger partial charge in [0.1, 0.15) is 11.5 Å². The number of nitrogens with zero attached hydrogens (tertiary/aromatic N) is 1. The van der Waals surface area contributed by atoms with E-state index in [4.69, 9.17) is 27.9 Å². The van der Waals surface area contributed by atoms with Crippen molar-refractivity contribution in [2.75, 3.05) is 19.7 Å². The van der Waals surface area contributed by atoms with Crippen molar-refractivity contribution in [3.05, 3.63) is 63.1 Å². The van der Waals surface area contributed by atoms with Crippen molar-refractivity contribution in [1.29, 1.82) is 0 Å². The molecule has 0 aliphatic rings. The van der Waals surface area contributed by atoms with E-state index < -0.39 is 0 Å². The van der Waals surface area contributed by atoms with Crippen molar-refractivity contribution < 1.29 is 14.6 Å². The van der Waals surface area contributed by atoms with Crippen LogP contribution in [0.1, 0.15) is 42.3 Å². The van der Waals surface area contributed by atoms with Crippen LogP contribution >= 0.6 is 23.2 Å². The molecule has 4 nitrogen and oxygen atoms in total. The zero-order valence-electron chi connectivity index (χ0n) is 16.3. The molecule has 6 heteroatoms. The molecule has 0 amide bonds. The van der Waals surface area contributed by atoms with Gasteiger partial charge in [0.05, 0.1) is 12.2 Å². The monoisotopic (exact) mass is 421 g/mol. The number of ether oxygens (including phenoxy) is 1. The van der Waals surface area contributed by atoms with Crippen LogP contribution in [0.4, 0.5) is 0 Å². The lowest BCUT2D eigenvalue weighted by Crippen LogP contribution is -2.22. The van der Waals surface area contributed by atoms with E-state index >= 15 is 0 Å². The number of halogens is 2. The zero-order valence-corrected chi connectivity index (χ0v) is 17.8. The Kier molecular flexibility index (Phi) is 8.36. The average molecular weight is 422 g/mol. The van der Waals surface area contributed by atoms with Crippen LogP contribution in [0, 0.1) is 0 Å². The number of phenolic OH excluding ortho intramolecular Hbond substituents is 1. The summed E-state index contributed by atoms with van der Waals surface area (Å²) in [5.41, 5.74) is 1.77.